The van der Waals surface area contributed by atoms with Gasteiger partial charge >= 0.3 is 6.09 Å². The van der Waals surface area contributed by atoms with E-state index >= 15 is 0 Å². The van der Waals surface area contributed by atoms with Crippen molar-refractivity contribution in [3.63, 3.8) is 0 Å². The molecule has 0 bridgehead atoms. The standard InChI is InChI=1S/C20H20FN3O2/c1-24-9-3-6-17(24)13-26-20(25)23-19-8-7-16(21)11-18(19)15-5-2-4-14(10-15)12-22/h2,4-5,7-8,10-11,17H,3,6,9,13H2,1H3,(H,23,25)/t17-/m0/s1. The van der Waals surface area contributed by atoms with Gasteiger partial charge in [0.05, 0.1) is 17.3 Å². The molecule has 2 aromatic rings. The maximum atomic E-state index is 13.7. The molecule has 6 heteroatoms. The average molecular weight is 353 g/mol. The van der Waals surface area contributed by atoms with Gasteiger partial charge in [-0.15, -0.1) is 0 Å². The minimum Gasteiger partial charge on any atom is -0.448 e. The van der Waals surface area contributed by atoms with E-state index in [0.29, 0.717) is 29.0 Å². The molecule has 0 unspecified atom stereocenters. The van der Waals surface area contributed by atoms with E-state index in [0.717, 1.165) is 19.4 Å². The van der Waals surface area contributed by atoms with Crippen molar-refractivity contribution in [1.82, 2.24) is 4.90 Å². The maximum Gasteiger partial charge on any atom is 0.411 e. The summed E-state index contributed by atoms with van der Waals surface area (Å²) in [7, 11) is 2.01. The molecule has 3 rings (SSSR count). The van der Waals surface area contributed by atoms with E-state index in [1.807, 2.05) is 7.05 Å². The molecule has 134 valence electrons. The molecule has 1 saturated heterocycles. The number of nitriles is 1. The van der Waals surface area contributed by atoms with Gasteiger partial charge < -0.3 is 9.64 Å². The third-order valence-electron chi connectivity index (χ3n) is 4.60. The Bertz CT molecular complexity index is 847. The minimum atomic E-state index is -0.574. The van der Waals surface area contributed by atoms with Crippen molar-refractivity contribution in [3.05, 3.63) is 53.8 Å². The van der Waals surface area contributed by atoms with Gasteiger partial charge in [0.25, 0.3) is 0 Å². The molecule has 2 aromatic carbocycles. The Morgan fingerprint density at radius 2 is 2.23 bits per heavy atom. The Balaban J connectivity index is 1.75. The summed E-state index contributed by atoms with van der Waals surface area (Å²) in [5.74, 6) is -0.422. The Morgan fingerprint density at radius 1 is 1.38 bits per heavy atom. The summed E-state index contributed by atoms with van der Waals surface area (Å²) in [5, 5.41) is 11.7. The zero-order valence-corrected chi connectivity index (χ0v) is 14.5. The van der Waals surface area contributed by atoms with Crippen LogP contribution in [0.1, 0.15) is 18.4 Å². The van der Waals surface area contributed by atoms with E-state index in [9.17, 15) is 9.18 Å². The second-order valence-electron chi connectivity index (χ2n) is 6.38. The highest BCUT2D eigenvalue weighted by Gasteiger charge is 2.22. The monoisotopic (exact) mass is 353 g/mol. The highest BCUT2D eigenvalue weighted by atomic mass is 19.1. The molecule has 1 N–H and O–H groups in total. The summed E-state index contributed by atoms with van der Waals surface area (Å²) in [6, 6.07) is 13.2. The molecule has 0 saturated carbocycles. The zero-order valence-electron chi connectivity index (χ0n) is 14.5. The van der Waals surface area contributed by atoms with E-state index in [4.69, 9.17) is 10.00 Å². The van der Waals surface area contributed by atoms with Crippen molar-refractivity contribution in [1.29, 1.82) is 5.26 Å². The van der Waals surface area contributed by atoms with Crippen LogP contribution in [0.25, 0.3) is 11.1 Å². The third kappa shape index (κ3) is 4.19. The quantitative estimate of drug-likeness (QED) is 0.902. The van der Waals surface area contributed by atoms with Gasteiger partial charge in [-0.05, 0) is 62.3 Å². The van der Waals surface area contributed by atoms with E-state index in [2.05, 4.69) is 16.3 Å². The van der Waals surface area contributed by atoms with Gasteiger partial charge in [0.2, 0.25) is 0 Å². The van der Waals surface area contributed by atoms with Crippen molar-refractivity contribution < 1.29 is 13.9 Å². The molecular formula is C20H20FN3O2. The number of rotatable bonds is 4. The van der Waals surface area contributed by atoms with E-state index in [-0.39, 0.29) is 6.04 Å². The van der Waals surface area contributed by atoms with Crippen molar-refractivity contribution in [2.75, 3.05) is 25.5 Å². The normalized spacial score (nSPS) is 16.9. The first-order valence-corrected chi connectivity index (χ1v) is 8.51. The molecule has 5 nitrogen and oxygen atoms in total. The zero-order chi connectivity index (χ0) is 18.5. The van der Waals surface area contributed by atoms with Crippen molar-refractivity contribution in [2.24, 2.45) is 0 Å². The molecule has 1 fully saturated rings. The summed E-state index contributed by atoms with van der Waals surface area (Å²) in [5.41, 5.74) is 2.04. The molecule has 0 radical (unpaired) electrons. The van der Waals surface area contributed by atoms with Crippen LogP contribution in [-0.2, 0) is 4.74 Å². The maximum absolute atomic E-state index is 13.7. The van der Waals surface area contributed by atoms with Gasteiger partial charge in [-0.2, -0.15) is 5.26 Å². The fourth-order valence-corrected chi connectivity index (χ4v) is 3.13. The number of benzene rings is 2. The first-order valence-electron chi connectivity index (χ1n) is 8.51. The van der Waals surface area contributed by atoms with Crippen molar-refractivity contribution in [3.8, 4) is 17.2 Å². The Hall–Kier alpha value is -2.91. The van der Waals surface area contributed by atoms with Crippen LogP contribution in [0.15, 0.2) is 42.5 Å². The van der Waals surface area contributed by atoms with Crippen LogP contribution in [0.5, 0.6) is 0 Å². The molecule has 1 aliphatic rings. The second-order valence-corrected chi connectivity index (χ2v) is 6.38. The largest absolute Gasteiger partial charge is 0.448 e. The highest BCUT2D eigenvalue weighted by molar-refractivity contribution is 5.91. The third-order valence-corrected chi connectivity index (χ3v) is 4.60. The smallest absolute Gasteiger partial charge is 0.411 e. The van der Waals surface area contributed by atoms with Crippen LogP contribution in [0.4, 0.5) is 14.9 Å². The SMILES string of the molecule is CN1CCC[C@H]1COC(=O)Nc1ccc(F)cc1-c1cccc(C#N)c1. The van der Waals surface area contributed by atoms with Crippen LogP contribution in [0.2, 0.25) is 0 Å². The number of anilines is 1. The number of ether oxygens (including phenoxy) is 1. The highest BCUT2D eigenvalue weighted by Crippen LogP contribution is 2.29. The molecule has 0 aliphatic carbocycles. The number of likely N-dealkylation sites (N-methyl/N-ethyl adjacent to an activating group) is 1. The van der Waals surface area contributed by atoms with Crippen LogP contribution >= 0.6 is 0 Å². The van der Waals surface area contributed by atoms with Crippen molar-refractivity contribution >= 4 is 11.8 Å². The topological polar surface area (TPSA) is 65.4 Å². The van der Waals surface area contributed by atoms with Crippen molar-refractivity contribution in [2.45, 2.75) is 18.9 Å². The number of likely N-dealkylation sites (tertiary alicyclic amines) is 1. The van der Waals surface area contributed by atoms with E-state index in [1.54, 1.807) is 24.3 Å². The summed E-state index contributed by atoms with van der Waals surface area (Å²) in [6.45, 7) is 1.33. The lowest BCUT2D eigenvalue weighted by Gasteiger charge is -2.19. The Morgan fingerprint density at radius 3 is 2.96 bits per heavy atom. The predicted octanol–water partition coefficient (Wildman–Crippen LogP) is 4.01. The molecule has 0 spiro atoms. The fourth-order valence-electron chi connectivity index (χ4n) is 3.13. The van der Waals surface area contributed by atoms with E-state index in [1.165, 1.54) is 18.2 Å². The number of hydrogen-bond donors (Lipinski definition) is 1. The minimum absolute atomic E-state index is 0.237. The number of nitrogens with zero attached hydrogens (tertiary/aromatic N) is 2. The first kappa shape index (κ1) is 17.9. The van der Waals surface area contributed by atoms with Crippen LogP contribution in [0, 0.1) is 17.1 Å². The molecule has 1 amide bonds. The summed E-state index contributed by atoms with van der Waals surface area (Å²) >= 11 is 0. The fraction of sp³-hybridized carbons (Fsp3) is 0.300. The summed E-state index contributed by atoms with van der Waals surface area (Å²) < 4.78 is 19.1. The summed E-state index contributed by atoms with van der Waals surface area (Å²) in [4.78, 5) is 14.3. The van der Waals surface area contributed by atoms with Gasteiger partial charge in [-0.25, -0.2) is 9.18 Å². The number of nitrogens with one attached hydrogen (secondary N) is 1. The lowest BCUT2D eigenvalue weighted by atomic mass is 10.0. The van der Waals surface area contributed by atoms with Crippen LogP contribution in [-0.4, -0.2) is 37.2 Å². The number of amides is 1. The Labute approximate surface area is 152 Å². The Kier molecular flexibility index (Phi) is 5.49. The van der Waals surface area contributed by atoms with E-state index < -0.39 is 11.9 Å². The van der Waals surface area contributed by atoms with Gasteiger partial charge in [0.1, 0.15) is 12.4 Å². The number of hydrogen-bond acceptors (Lipinski definition) is 4. The van der Waals surface area contributed by atoms with Crippen LogP contribution < -0.4 is 5.32 Å². The second kappa shape index (κ2) is 7.98. The lowest BCUT2D eigenvalue weighted by Crippen LogP contribution is -2.31. The van der Waals surface area contributed by atoms with Gasteiger partial charge in [0.15, 0.2) is 0 Å². The van der Waals surface area contributed by atoms with Gasteiger partial charge in [-0.3, -0.25) is 5.32 Å². The molecular weight excluding hydrogens is 333 g/mol. The molecule has 26 heavy (non-hydrogen) atoms. The predicted molar refractivity (Wildman–Crippen MR) is 97.2 cm³/mol. The van der Waals surface area contributed by atoms with Gasteiger partial charge in [-0.1, -0.05) is 12.1 Å². The molecule has 1 aliphatic heterocycles. The average Bonchev–Trinajstić information content (AvgIpc) is 3.06. The lowest BCUT2D eigenvalue weighted by molar-refractivity contribution is 0.127. The number of carbonyl (C=O) groups excluding carboxylic acids is 1. The summed E-state index contributed by atoms with van der Waals surface area (Å²) in [6.07, 6.45) is 1.53. The van der Waals surface area contributed by atoms with Crippen LogP contribution in [0.3, 0.4) is 0 Å². The first-order chi connectivity index (χ1) is 12.6. The molecule has 1 heterocycles. The molecule has 1 atom stereocenters. The van der Waals surface area contributed by atoms with Gasteiger partial charge in [0, 0.05) is 11.6 Å². The molecule has 0 aromatic heterocycles. The number of halogens is 1. The number of carbonyl (C=O) groups is 1.